The number of carbonyl (C=O) groups excluding carboxylic acids is 1. The monoisotopic (exact) mass is 437 g/mol. The van der Waals surface area contributed by atoms with Gasteiger partial charge in [0.05, 0.1) is 11.6 Å². The fourth-order valence-corrected chi connectivity index (χ4v) is 4.02. The van der Waals surface area contributed by atoms with Crippen molar-refractivity contribution in [1.82, 2.24) is 15.0 Å². The third-order valence-corrected chi connectivity index (χ3v) is 6.04. The van der Waals surface area contributed by atoms with Gasteiger partial charge in [0.15, 0.2) is 0 Å². The molecule has 1 saturated carbocycles. The molecule has 7 heteroatoms. The smallest absolute Gasteiger partial charge is 0.236 e. The highest BCUT2D eigenvalue weighted by atomic mass is 16.5. The van der Waals surface area contributed by atoms with Gasteiger partial charge in [-0.05, 0) is 48.2 Å². The molecule has 1 fully saturated rings. The fourth-order valence-electron chi connectivity index (χ4n) is 4.02. The summed E-state index contributed by atoms with van der Waals surface area (Å²) in [5, 5.41) is 2.99. The van der Waals surface area contributed by atoms with Crippen LogP contribution in [0.2, 0.25) is 0 Å². The van der Waals surface area contributed by atoms with Crippen molar-refractivity contribution in [3.63, 3.8) is 0 Å². The van der Waals surface area contributed by atoms with Crippen molar-refractivity contribution >= 4 is 17.7 Å². The Morgan fingerprint density at radius 2 is 1.55 bits per heavy atom. The molecule has 3 N–H and O–H groups in total. The minimum absolute atomic E-state index is 0.0402. The van der Waals surface area contributed by atoms with Crippen LogP contribution in [0.25, 0.3) is 11.1 Å². The number of para-hydroxylation sites is 1. The van der Waals surface area contributed by atoms with Crippen LogP contribution in [0.15, 0.2) is 85.3 Å². The first kappa shape index (κ1) is 20.6. The molecule has 7 nitrogen and oxygen atoms in total. The van der Waals surface area contributed by atoms with E-state index in [0.717, 1.165) is 41.7 Å². The Morgan fingerprint density at radius 1 is 0.818 bits per heavy atom. The molecule has 2 heterocycles. The largest absolute Gasteiger partial charge is 0.456 e. The summed E-state index contributed by atoms with van der Waals surface area (Å²) in [5.74, 6) is 2.05. The lowest BCUT2D eigenvalue weighted by Gasteiger charge is -2.40. The summed E-state index contributed by atoms with van der Waals surface area (Å²) < 4.78 is 5.77. The lowest BCUT2D eigenvalue weighted by Crippen LogP contribution is -2.46. The Bertz CT molecular complexity index is 1240. The highest BCUT2D eigenvalue weighted by molar-refractivity contribution is 5.99. The number of nitrogen functional groups attached to an aromatic ring is 1. The summed E-state index contributed by atoms with van der Waals surface area (Å²) in [5.41, 5.74) is 7.88. The van der Waals surface area contributed by atoms with Crippen LogP contribution in [0.5, 0.6) is 11.5 Å². The highest BCUT2D eigenvalue weighted by Gasteiger charge is 2.45. The van der Waals surface area contributed by atoms with E-state index in [0.29, 0.717) is 11.6 Å². The number of ether oxygens (including phenoxy) is 1. The maximum Gasteiger partial charge on any atom is 0.236 e. The second kappa shape index (κ2) is 8.70. The maximum absolute atomic E-state index is 13.3. The number of anilines is 2. The summed E-state index contributed by atoms with van der Waals surface area (Å²) in [6, 6.07) is 21.1. The normalized spacial score (nSPS) is 14.2. The number of rotatable bonds is 6. The van der Waals surface area contributed by atoms with Gasteiger partial charge in [-0.3, -0.25) is 4.79 Å². The van der Waals surface area contributed by atoms with Crippen molar-refractivity contribution in [2.45, 2.75) is 24.7 Å². The van der Waals surface area contributed by atoms with Crippen LogP contribution < -0.4 is 15.8 Å². The van der Waals surface area contributed by atoms with E-state index >= 15 is 0 Å². The molecule has 4 aromatic rings. The zero-order chi connectivity index (χ0) is 22.7. The molecule has 5 rings (SSSR count). The minimum Gasteiger partial charge on any atom is -0.456 e. The number of amides is 1. The summed E-state index contributed by atoms with van der Waals surface area (Å²) in [6.45, 7) is 0. The van der Waals surface area contributed by atoms with E-state index in [2.05, 4.69) is 20.3 Å². The molecule has 1 amide bonds. The number of nitrogens with one attached hydrogen (secondary N) is 1. The Labute approximate surface area is 191 Å². The van der Waals surface area contributed by atoms with Crippen LogP contribution in [0.4, 0.5) is 11.8 Å². The number of hydrogen-bond donors (Lipinski definition) is 2. The van der Waals surface area contributed by atoms with Gasteiger partial charge in [-0.1, -0.05) is 48.9 Å². The van der Waals surface area contributed by atoms with E-state index in [-0.39, 0.29) is 11.9 Å². The second-order valence-electron chi connectivity index (χ2n) is 8.09. The number of nitrogens with two attached hydrogens (primary N) is 1. The molecule has 2 aromatic heterocycles. The van der Waals surface area contributed by atoms with Gasteiger partial charge in [0.1, 0.15) is 17.3 Å². The lowest BCUT2D eigenvalue weighted by atomic mass is 9.63. The van der Waals surface area contributed by atoms with Gasteiger partial charge in [0, 0.05) is 18.0 Å². The van der Waals surface area contributed by atoms with Gasteiger partial charge in [-0.15, -0.1) is 0 Å². The average molecular weight is 438 g/mol. The van der Waals surface area contributed by atoms with E-state index in [4.69, 9.17) is 10.5 Å². The predicted molar refractivity (Wildman–Crippen MR) is 127 cm³/mol. The molecular weight excluding hydrogens is 414 g/mol. The summed E-state index contributed by atoms with van der Waals surface area (Å²) in [7, 11) is 0. The van der Waals surface area contributed by atoms with Gasteiger partial charge in [-0.25, -0.2) is 15.0 Å². The van der Waals surface area contributed by atoms with Crippen LogP contribution in [0.1, 0.15) is 24.8 Å². The molecule has 0 spiro atoms. The predicted octanol–water partition coefficient (Wildman–Crippen LogP) is 4.97. The number of benzene rings is 2. The van der Waals surface area contributed by atoms with Gasteiger partial charge >= 0.3 is 0 Å². The van der Waals surface area contributed by atoms with E-state index in [1.54, 1.807) is 30.7 Å². The van der Waals surface area contributed by atoms with Gasteiger partial charge in [0.2, 0.25) is 11.9 Å². The molecule has 0 atom stereocenters. The first-order valence-corrected chi connectivity index (χ1v) is 10.8. The highest BCUT2D eigenvalue weighted by Crippen LogP contribution is 2.45. The van der Waals surface area contributed by atoms with Crippen LogP contribution >= 0.6 is 0 Å². The van der Waals surface area contributed by atoms with E-state index in [1.165, 1.54) is 0 Å². The van der Waals surface area contributed by atoms with E-state index in [9.17, 15) is 4.79 Å². The molecule has 1 aliphatic rings. The molecule has 0 radical (unpaired) electrons. The molecule has 2 aromatic carbocycles. The molecule has 0 saturated heterocycles. The fraction of sp³-hybridized carbons (Fsp3) is 0.154. The Balaban J connectivity index is 1.29. The number of nitrogens with zero attached hydrogens (tertiary/aromatic N) is 3. The van der Waals surface area contributed by atoms with Crippen molar-refractivity contribution in [3.8, 4) is 22.6 Å². The van der Waals surface area contributed by atoms with E-state index < -0.39 is 5.41 Å². The first-order chi connectivity index (χ1) is 16.1. The molecule has 33 heavy (non-hydrogen) atoms. The average Bonchev–Trinajstić information content (AvgIpc) is 2.81. The first-order valence-electron chi connectivity index (χ1n) is 10.8. The minimum atomic E-state index is -0.545. The lowest BCUT2D eigenvalue weighted by molar-refractivity contribution is -0.124. The topological polar surface area (TPSA) is 103 Å². The van der Waals surface area contributed by atoms with Crippen LogP contribution in [-0.4, -0.2) is 20.9 Å². The molecule has 0 aliphatic heterocycles. The Morgan fingerprint density at radius 3 is 2.15 bits per heavy atom. The van der Waals surface area contributed by atoms with Crippen LogP contribution in [0.3, 0.4) is 0 Å². The standard InChI is InChI=1S/C26H23N5O2/c27-25-29-15-19(16-30-25)18-7-9-20(10-8-18)26(13-4-14-26)24(32)31-23-12-11-22(17-28-23)33-21-5-2-1-3-6-21/h1-3,5-12,15-17H,4,13-14H2,(H2,27,29,30)(H,28,31,32). The number of carbonyl (C=O) groups is 1. The maximum atomic E-state index is 13.3. The van der Waals surface area contributed by atoms with Crippen molar-refractivity contribution in [2.75, 3.05) is 11.1 Å². The summed E-state index contributed by atoms with van der Waals surface area (Å²) in [6.07, 6.45) is 7.62. The van der Waals surface area contributed by atoms with Crippen molar-refractivity contribution in [3.05, 3.63) is 90.9 Å². The zero-order valence-electron chi connectivity index (χ0n) is 17.9. The SMILES string of the molecule is Nc1ncc(-c2ccc(C3(C(=O)Nc4ccc(Oc5ccccc5)cn4)CCC3)cc2)cn1. The summed E-state index contributed by atoms with van der Waals surface area (Å²) >= 11 is 0. The molecule has 164 valence electrons. The molecule has 0 bridgehead atoms. The van der Waals surface area contributed by atoms with Crippen LogP contribution in [0, 0.1) is 0 Å². The molecule has 1 aliphatic carbocycles. The van der Waals surface area contributed by atoms with Crippen molar-refractivity contribution < 1.29 is 9.53 Å². The zero-order valence-corrected chi connectivity index (χ0v) is 17.9. The Kier molecular flexibility index (Phi) is 5.44. The molecule has 0 unspecified atom stereocenters. The summed E-state index contributed by atoms with van der Waals surface area (Å²) in [4.78, 5) is 25.7. The third-order valence-electron chi connectivity index (χ3n) is 6.04. The van der Waals surface area contributed by atoms with E-state index in [1.807, 2.05) is 54.6 Å². The third kappa shape index (κ3) is 4.25. The van der Waals surface area contributed by atoms with Crippen LogP contribution in [-0.2, 0) is 10.2 Å². The Hall–Kier alpha value is -4.26. The number of aromatic nitrogens is 3. The number of pyridine rings is 1. The number of hydrogen-bond acceptors (Lipinski definition) is 6. The van der Waals surface area contributed by atoms with Crippen molar-refractivity contribution in [1.29, 1.82) is 0 Å². The quantitative estimate of drug-likeness (QED) is 0.441. The van der Waals surface area contributed by atoms with Crippen molar-refractivity contribution in [2.24, 2.45) is 0 Å². The van der Waals surface area contributed by atoms with Gasteiger partial charge in [-0.2, -0.15) is 0 Å². The molecular formula is C26H23N5O2. The second-order valence-corrected chi connectivity index (χ2v) is 8.09. The van der Waals surface area contributed by atoms with Gasteiger partial charge < -0.3 is 15.8 Å². The van der Waals surface area contributed by atoms with Gasteiger partial charge in [0.25, 0.3) is 0 Å².